The molecular formula is C29H38N2O2. The van der Waals surface area contributed by atoms with Crippen LogP contribution in [0.4, 0.5) is 5.69 Å². The van der Waals surface area contributed by atoms with Gasteiger partial charge in [0.25, 0.3) is 11.7 Å². The predicted octanol–water partition coefficient (Wildman–Crippen LogP) is 6.00. The highest BCUT2D eigenvalue weighted by Gasteiger charge is 2.36. The minimum atomic E-state index is -0.344. The van der Waals surface area contributed by atoms with Crippen LogP contribution in [0.2, 0.25) is 0 Å². The Labute approximate surface area is 199 Å². The first-order valence-corrected chi connectivity index (χ1v) is 12.9. The molecule has 0 atom stereocenters. The summed E-state index contributed by atoms with van der Waals surface area (Å²) in [5.41, 5.74) is 4.08. The van der Waals surface area contributed by atoms with Gasteiger partial charge in [0.15, 0.2) is 0 Å². The molecule has 2 aliphatic rings. The molecular weight excluding hydrogens is 408 g/mol. The number of nitrogens with zero attached hydrogens (tertiary/aromatic N) is 2. The van der Waals surface area contributed by atoms with Crippen molar-refractivity contribution in [1.29, 1.82) is 0 Å². The third kappa shape index (κ3) is 5.92. The van der Waals surface area contributed by atoms with Gasteiger partial charge in [0.2, 0.25) is 0 Å². The van der Waals surface area contributed by atoms with Gasteiger partial charge in [0.05, 0.1) is 11.3 Å². The molecule has 2 aromatic rings. The van der Waals surface area contributed by atoms with Crippen LogP contribution in [0.3, 0.4) is 0 Å². The van der Waals surface area contributed by atoms with Gasteiger partial charge >= 0.3 is 0 Å². The number of unbranched alkanes of at least 4 members (excludes halogenated alkanes) is 2. The number of carbonyl (C=O) groups is 2. The molecule has 4 heteroatoms. The summed E-state index contributed by atoms with van der Waals surface area (Å²) >= 11 is 0. The number of rotatable bonds is 11. The summed E-state index contributed by atoms with van der Waals surface area (Å²) in [6, 6.07) is 16.8. The van der Waals surface area contributed by atoms with Crippen LogP contribution in [0.1, 0.15) is 85.7 Å². The molecule has 0 spiro atoms. The summed E-state index contributed by atoms with van der Waals surface area (Å²) in [5.74, 6) is -0.117. The van der Waals surface area contributed by atoms with E-state index in [0.717, 1.165) is 51.0 Å². The second-order valence-electron chi connectivity index (χ2n) is 9.63. The second kappa shape index (κ2) is 11.6. The average Bonchev–Trinajstić information content (AvgIpc) is 3.11. The van der Waals surface area contributed by atoms with Crippen molar-refractivity contribution in [3.05, 3.63) is 65.2 Å². The summed E-state index contributed by atoms with van der Waals surface area (Å²) in [5, 5.41) is 0. The highest BCUT2D eigenvalue weighted by atomic mass is 16.2. The lowest BCUT2D eigenvalue weighted by Crippen LogP contribution is -2.31. The van der Waals surface area contributed by atoms with Gasteiger partial charge in [0, 0.05) is 13.1 Å². The quantitative estimate of drug-likeness (QED) is 0.314. The molecule has 1 aliphatic carbocycles. The van der Waals surface area contributed by atoms with Crippen molar-refractivity contribution >= 4 is 17.4 Å². The Morgan fingerprint density at radius 3 is 2.45 bits per heavy atom. The summed E-state index contributed by atoms with van der Waals surface area (Å²) < 4.78 is 0. The van der Waals surface area contributed by atoms with E-state index >= 15 is 0 Å². The maximum absolute atomic E-state index is 12.7. The molecule has 1 saturated carbocycles. The van der Waals surface area contributed by atoms with Crippen LogP contribution in [0, 0.1) is 0 Å². The molecule has 0 radical (unpaired) electrons. The first-order valence-electron chi connectivity index (χ1n) is 12.9. The van der Waals surface area contributed by atoms with E-state index in [2.05, 4.69) is 48.2 Å². The smallest absolute Gasteiger partial charge is 0.299 e. The molecule has 1 amide bonds. The van der Waals surface area contributed by atoms with Crippen molar-refractivity contribution < 1.29 is 9.59 Å². The Balaban J connectivity index is 1.24. The van der Waals surface area contributed by atoms with Crippen molar-refractivity contribution in [3.63, 3.8) is 0 Å². The lowest BCUT2D eigenvalue weighted by Gasteiger charge is -2.23. The minimum absolute atomic E-state index is 0.319. The molecule has 0 bridgehead atoms. The molecule has 2 aromatic carbocycles. The van der Waals surface area contributed by atoms with Crippen LogP contribution < -0.4 is 4.90 Å². The van der Waals surface area contributed by atoms with Crippen LogP contribution in [-0.4, -0.2) is 42.8 Å². The minimum Gasteiger partial charge on any atom is -0.305 e. The number of Topliss-reactive ketones (excluding diaryl/α,β-unsaturated/α-hetero) is 1. The van der Waals surface area contributed by atoms with Crippen LogP contribution >= 0.6 is 0 Å². The summed E-state index contributed by atoms with van der Waals surface area (Å²) in [6.45, 7) is 6.07. The van der Waals surface area contributed by atoms with Crippen molar-refractivity contribution in [2.24, 2.45) is 0 Å². The first-order chi connectivity index (χ1) is 16.2. The third-order valence-electron chi connectivity index (χ3n) is 7.43. The highest BCUT2D eigenvalue weighted by molar-refractivity contribution is 6.52. The highest BCUT2D eigenvalue weighted by Crippen LogP contribution is 2.37. The van der Waals surface area contributed by atoms with E-state index in [9.17, 15) is 9.59 Å². The van der Waals surface area contributed by atoms with Gasteiger partial charge in [-0.05, 0) is 74.4 Å². The second-order valence-corrected chi connectivity index (χ2v) is 9.63. The van der Waals surface area contributed by atoms with Crippen molar-refractivity contribution in [2.45, 2.75) is 70.6 Å². The van der Waals surface area contributed by atoms with Crippen LogP contribution in [0.15, 0.2) is 48.5 Å². The van der Waals surface area contributed by atoms with E-state index in [4.69, 9.17) is 0 Å². The Bertz CT molecular complexity index is 934. The lowest BCUT2D eigenvalue weighted by atomic mass is 9.83. The lowest BCUT2D eigenvalue weighted by molar-refractivity contribution is -0.114. The molecule has 0 N–H and O–H groups in total. The summed E-state index contributed by atoms with van der Waals surface area (Å²) in [7, 11) is 0. The molecule has 0 saturated heterocycles. The molecule has 1 heterocycles. The molecule has 4 nitrogen and oxygen atoms in total. The summed E-state index contributed by atoms with van der Waals surface area (Å²) in [6.07, 6.45) is 10.4. The van der Waals surface area contributed by atoms with Gasteiger partial charge in [-0.2, -0.15) is 0 Å². The van der Waals surface area contributed by atoms with Gasteiger partial charge in [-0.1, -0.05) is 69.0 Å². The number of benzene rings is 2. The van der Waals surface area contributed by atoms with Gasteiger partial charge in [-0.3, -0.25) is 9.59 Å². The van der Waals surface area contributed by atoms with E-state index < -0.39 is 0 Å². The maximum Gasteiger partial charge on any atom is 0.299 e. The number of hydrogen-bond donors (Lipinski definition) is 0. The van der Waals surface area contributed by atoms with E-state index in [1.165, 1.54) is 43.2 Å². The number of ketones is 1. The fourth-order valence-electron chi connectivity index (χ4n) is 5.37. The zero-order chi connectivity index (χ0) is 23.0. The van der Waals surface area contributed by atoms with E-state index in [-0.39, 0.29) is 11.7 Å². The van der Waals surface area contributed by atoms with Crippen molar-refractivity contribution in [1.82, 2.24) is 4.90 Å². The predicted molar refractivity (Wildman–Crippen MR) is 135 cm³/mol. The Morgan fingerprint density at radius 2 is 1.70 bits per heavy atom. The number of amides is 1. The third-order valence-corrected chi connectivity index (χ3v) is 7.43. The van der Waals surface area contributed by atoms with Crippen LogP contribution in [-0.2, 0) is 11.2 Å². The van der Waals surface area contributed by atoms with E-state index in [0.29, 0.717) is 18.0 Å². The maximum atomic E-state index is 12.7. The molecule has 176 valence electrons. The molecule has 1 fully saturated rings. The van der Waals surface area contributed by atoms with E-state index in [1.807, 2.05) is 12.1 Å². The normalized spacial score (nSPS) is 16.6. The molecule has 0 unspecified atom stereocenters. The zero-order valence-electron chi connectivity index (χ0n) is 20.1. The Morgan fingerprint density at radius 1 is 0.909 bits per heavy atom. The zero-order valence-corrected chi connectivity index (χ0v) is 20.1. The van der Waals surface area contributed by atoms with Gasteiger partial charge in [0.1, 0.15) is 0 Å². The number of hydrogen-bond acceptors (Lipinski definition) is 3. The van der Waals surface area contributed by atoms with Crippen molar-refractivity contribution in [2.75, 3.05) is 31.1 Å². The fourth-order valence-corrected chi connectivity index (χ4v) is 5.37. The largest absolute Gasteiger partial charge is 0.305 e. The SMILES string of the molecule is CCN(CCCCCN1C(=O)C(=O)c2cc(C3CCCCC3)ccc21)CCc1ccccc1. The molecule has 0 aromatic heterocycles. The van der Waals surface area contributed by atoms with E-state index in [1.54, 1.807) is 4.90 Å². The Kier molecular flexibility index (Phi) is 8.33. The topological polar surface area (TPSA) is 40.6 Å². The van der Waals surface area contributed by atoms with Crippen LogP contribution in [0.5, 0.6) is 0 Å². The monoisotopic (exact) mass is 446 g/mol. The molecule has 1 aliphatic heterocycles. The summed E-state index contributed by atoms with van der Waals surface area (Å²) in [4.78, 5) is 29.5. The number of anilines is 1. The number of likely N-dealkylation sites (N-methyl/N-ethyl adjacent to an activating group) is 1. The standard InChI is InChI=1S/C29H38N2O2/c1-2-30(21-18-23-12-6-3-7-13-23)19-10-5-11-20-31-27-17-16-25(24-14-8-4-9-15-24)22-26(27)28(32)29(31)33/h3,6-7,12-13,16-17,22,24H,2,4-5,8-11,14-15,18-21H2,1H3. The molecule has 4 rings (SSSR count). The van der Waals surface area contributed by atoms with Gasteiger partial charge < -0.3 is 9.80 Å². The fraction of sp³-hybridized carbons (Fsp3) is 0.517. The first kappa shape index (κ1) is 23.7. The van der Waals surface area contributed by atoms with Gasteiger partial charge in [-0.25, -0.2) is 0 Å². The van der Waals surface area contributed by atoms with Crippen molar-refractivity contribution in [3.8, 4) is 0 Å². The molecule has 33 heavy (non-hydrogen) atoms. The number of carbonyl (C=O) groups excluding carboxylic acids is 2. The van der Waals surface area contributed by atoms with Crippen LogP contribution in [0.25, 0.3) is 0 Å². The Hall–Kier alpha value is -2.46. The number of fused-ring (bicyclic) bond motifs is 1. The average molecular weight is 447 g/mol. The van der Waals surface area contributed by atoms with Gasteiger partial charge in [-0.15, -0.1) is 0 Å².